The van der Waals surface area contributed by atoms with E-state index in [9.17, 15) is 11.3 Å². The van der Waals surface area contributed by atoms with Gasteiger partial charge in [0, 0.05) is 55.0 Å². The van der Waals surface area contributed by atoms with Crippen LogP contribution < -0.4 is 0 Å². The van der Waals surface area contributed by atoms with Crippen molar-refractivity contribution in [3.8, 4) is 0 Å². The van der Waals surface area contributed by atoms with E-state index in [1.807, 2.05) is 31.9 Å². The number of hydrogen-bond donors (Lipinski definition) is 1. The van der Waals surface area contributed by atoms with Crippen LogP contribution in [0.3, 0.4) is 0 Å². The molecule has 3 atom stereocenters. The van der Waals surface area contributed by atoms with Crippen LogP contribution >= 0.6 is 0 Å². The molecule has 0 spiro atoms. The summed E-state index contributed by atoms with van der Waals surface area (Å²) in [5, 5.41) is 16.9. The van der Waals surface area contributed by atoms with Crippen molar-refractivity contribution in [2.24, 2.45) is 5.89 Å². The van der Waals surface area contributed by atoms with Crippen LogP contribution in [0.25, 0.3) is 43.6 Å². The van der Waals surface area contributed by atoms with Gasteiger partial charge in [-0.05, 0) is 75.9 Å². The lowest BCUT2D eigenvalue weighted by Crippen LogP contribution is -2.58. The Labute approximate surface area is 253 Å². The molecule has 3 aliphatic rings. The number of aromatic nitrogens is 2. The Kier molecular flexibility index (Phi) is 4.85. The van der Waals surface area contributed by atoms with Gasteiger partial charge >= 0.3 is 0 Å². The summed E-state index contributed by atoms with van der Waals surface area (Å²) >= 11 is 0. The fourth-order valence-electron chi connectivity index (χ4n) is 9.06. The van der Waals surface area contributed by atoms with Crippen molar-refractivity contribution in [1.29, 1.82) is 0 Å². The monoisotopic (exact) mass is 580 g/mol. The van der Waals surface area contributed by atoms with E-state index in [1.54, 1.807) is 7.11 Å². The summed E-state index contributed by atoms with van der Waals surface area (Å²) in [7, 11) is 3.50. The molecule has 0 unspecified atom stereocenters. The van der Waals surface area contributed by atoms with Crippen molar-refractivity contribution < 1.29 is 20.7 Å². The van der Waals surface area contributed by atoms with Crippen LogP contribution in [0, 0.1) is 33.6 Å². The molecule has 5 aromatic rings. The molecular formula is C36H41N3O4. The second-order valence-corrected chi connectivity index (χ2v) is 14.0. The molecule has 1 N–H and O–H groups in total. The Morgan fingerprint density at radius 1 is 1.05 bits per heavy atom. The molecule has 0 saturated carbocycles. The standard InChI is InChI=1S/C36H41N3O4/c1-17(2)36-35(41,16-42-10)15-24(43-36)38-22-13-11-12-18(3)25(22)27-29-30(34(7,8)37(9)33(29)40)28-26-21(6)20(5)19(4)14-23(26)39(36)32(28)31(27)38/h11-14,17,24,41H,15-16H2,1-10H3/t24-,35+,36+/m1/s1/i17D. The lowest BCUT2D eigenvalue weighted by atomic mass is 9.80. The van der Waals surface area contributed by atoms with E-state index in [0.717, 1.165) is 71.4 Å². The zero-order valence-electron chi connectivity index (χ0n) is 27.8. The van der Waals surface area contributed by atoms with Gasteiger partial charge < -0.3 is 28.6 Å². The van der Waals surface area contributed by atoms with Crippen LogP contribution in [0.1, 0.15) is 79.9 Å². The van der Waals surface area contributed by atoms with Crippen molar-refractivity contribution in [2.45, 2.75) is 84.9 Å². The highest BCUT2D eigenvalue weighted by atomic mass is 16.6. The number of amides is 1. The molecule has 3 aliphatic heterocycles. The predicted octanol–water partition coefficient (Wildman–Crippen LogP) is 7.08. The van der Waals surface area contributed by atoms with Crippen molar-refractivity contribution in [3.63, 3.8) is 0 Å². The highest BCUT2D eigenvalue weighted by Crippen LogP contribution is 2.62. The number of fused-ring (bicyclic) bond motifs is 13. The zero-order valence-corrected chi connectivity index (χ0v) is 26.8. The summed E-state index contributed by atoms with van der Waals surface area (Å²) < 4.78 is 27.1. The number of aliphatic hydroxyl groups is 1. The number of ether oxygens (including phenoxy) is 2. The van der Waals surface area contributed by atoms with Crippen LogP contribution in [-0.4, -0.2) is 51.4 Å². The van der Waals surface area contributed by atoms with Crippen LogP contribution in [0.5, 0.6) is 0 Å². The van der Waals surface area contributed by atoms with Gasteiger partial charge in [-0.25, -0.2) is 0 Å². The maximum absolute atomic E-state index is 14.4. The number of methoxy groups -OCH3 is 1. The second-order valence-electron chi connectivity index (χ2n) is 14.0. The topological polar surface area (TPSA) is 68.9 Å². The zero-order chi connectivity index (χ0) is 31.6. The first-order valence-corrected chi connectivity index (χ1v) is 15.3. The molecular weight excluding hydrogens is 538 g/mol. The number of nitrogens with zero attached hydrogens (tertiary/aromatic N) is 3. The molecule has 8 rings (SSSR count). The molecule has 224 valence electrons. The third-order valence-electron chi connectivity index (χ3n) is 11.4. The SMILES string of the molecule is [2H]C(C)(C)[C@]12O[C@H](C[C@]1(O)COC)n1c3cccc(C)c3c3c4c(c5c6c(C)c(C)c(C)cc6n2c5c31)C(C)(C)N(C)C4=O. The van der Waals surface area contributed by atoms with Gasteiger partial charge in [0.1, 0.15) is 11.8 Å². The van der Waals surface area contributed by atoms with E-state index < -0.39 is 29.0 Å². The average Bonchev–Trinajstić information content (AvgIpc) is 3.56. The summed E-state index contributed by atoms with van der Waals surface area (Å²) in [5.74, 6) is -1.29. The molecule has 2 aromatic heterocycles. The first kappa shape index (κ1) is 26.1. The van der Waals surface area contributed by atoms with E-state index in [1.165, 1.54) is 5.56 Å². The summed E-state index contributed by atoms with van der Waals surface area (Å²) in [6.45, 7) is 16.4. The summed E-state index contributed by atoms with van der Waals surface area (Å²) in [6, 6.07) is 8.43. The number of benzene rings is 3. The lowest BCUT2D eigenvalue weighted by Gasteiger charge is -2.45. The summed E-state index contributed by atoms with van der Waals surface area (Å²) in [5.41, 5.74) is 6.31. The van der Waals surface area contributed by atoms with Crippen LogP contribution in [0.15, 0.2) is 24.3 Å². The third-order valence-corrected chi connectivity index (χ3v) is 11.4. The van der Waals surface area contributed by atoms with Crippen LogP contribution in [-0.2, 0) is 20.7 Å². The van der Waals surface area contributed by atoms with Crippen molar-refractivity contribution in [2.75, 3.05) is 20.8 Å². The smallest absolute Gasteiger partial charge is 0.255 e. The largest absolute Gasteiger partial charge is 0.382 e. The number of carbonyl (C=O) groups is 1. The first-order valence-electron chi connectivity index (χ1n) is 15.8. The molecule has 0 radical (unpaired) electrons. The molecule has 1 fully saturated rings. The summed E-state index contributed by atoms with van der Waals surface area (Å²) in [6.07, 6.45) is -0.357. The van der Waals surface area contributed by atoms with Crippen LogP contribution in [0.4, 0.5) is 0 Å². The van der Waals surface area contributed by atoms with Crippen molar-refractivity contribution in [3.05, 3.63) is 57.6 Å². The number of aryl methyl sites for hydroxylation is 3. The van der Waals surface area contributed by atoms with Gasteiger partial charge in [-0.3, -0.25) is 4.79 Å². The van der Waals surface area contributed by atoms with E-state index in [-0.39, 0.29) is 18.9 Å². The molecule has 1 amide bonds. The average molecular weight is 581 g/mol. The van der Waals surface area contributed by atoms with Gasteiger partial charge in [-0.2, -0.15) is 0 Å². The quantitative estimate of drug-likeness (QED) is 0.248. The van der Waals surface area contributed by atoms with Crippen LogP contribution in [0.2, 0.25) is 0 Å². The molecule has 7 heteroatoms. The normalized spacial score (nSPS) is 26.5. The maximum Gasteiger partial charge on any atom is 0.255 e. The molecule has 3 aromatic carbocycles. The van der Waals surface area contributed by atoms with Gasteiger partial charge in [0.25, 0.3) is 5.91 Å². The molecule has 5 heterocycles. The Morgan fingerprint density at radius 2 is 1.77 bits per heavy atom. The van der Waals surface area contributed by atoms with Crippen molar-refractivity contribution >= 4 is 49.5 Å². The number of carbonyl (C=O) groups excluding carboxylic acids is 1. The Hall–Kier alpha value is -3.39. The minimum absolute atomic E-state index is 0.00512. The van der Waals surface area contributed by atoms with Gasteiger partial charge in [-0.15, -0.1) is 0 Å². The van der Waals surface area contributed by atoms with E-state index >= 15 is 0 Å². The highest BCUT2D eigenvalue weighted by molar-refractivity contribution is 6.32. The summed E-state index contributed by atoms with van der Waals surface area (Å²) in [4.78, 5) is 16.3. The minimum Gasteiger partial charge on any atom is -0.382 e. The van der Waals surface area contributed by atoms with Crippen molar-refractivity contribution in [1.82, 2.24) is 14.0 Å². The Balaban J connectivity index is 1.82. The van der Waals surface area contributed by atoms with E-state index in [4.69, 9.17) is 9.47 Å². The molecule has 0 aliphatic carbocycles. The van der Waals surface area contributed by atoms with Gasteiger partial charge in [0.05, 0.1) is 39.8 Å². The fraction of sp³-hybridized carbons (Fsp3) is 0.472. The van der Waals surface area contributed by atoms with Gasteiger partial charge in [-0.1, -0.05) is 26.0 Å². The molecule has 7 nitrogen and oxygen atoms in total. The Morgan fingerprint density at radius 3 is 2.44 bits per heavy atom. The fourth-order valence-corrected chi connectivity index (χ4v) is 9.06. The predicted molar refractivity (Wildman–Crippen MR) is 171 cm³/mol. The van der Waals surface area contributed by atoms with E-state index in [2.05, 4.69) is 68.9 Å². The lowest BCUT2D eigenvalue weighted by molar-refractivity contribution is -0.228. The van der Waals surface area contributed by atoms with Gasteiger partial charge in [0.2, 0.25) is 0 Å². The second kappa shape index (κ2) is 8.00. The van der Waals surface area contributed by atoms with E-state index in [0.29, 0.717) is 0 Å². The number of hydrogen-bond acceptors (Lipinski definition) is 4. The maximum atomic E-state index is 14.4. The van der Waals surface area contributed by atoms with Gasteiger partial charge in [0.15, 0.2) is 5.72 Å². The number of rotatable bonds is 3. The Bertz CT molecular complexity index is 2170. The molecule has 2 bridgehead atoms. The minimum atomic E-state index is -1.53. The first-order chi connectivity index (χ1) is 20.5. The molecule has 1 saturated heterocycles. The third kappa shape index (κ3) is 2.73. The highest BCUT2D eigenvalue weighted by Gasteiger charge is 2.65. The molecule has 43 heavy (non-hydrogen) atoms.